The molecule has 1 aromatic rings. The second-order valence-corrected chi connectivity index (χ2v) is 4.99. The predicted molar refractivity (Wildman–Crippen MR) is 70.4 cm³/mol. The number of hydrogen-bond acceptors (Lipinski definition) is 4. The molecule has 0 radical (unpaired) electrons. The van der Waals surface area contributed by atoms with Gasteiger partial charge in [0.1, 0.15) is 12.4 Å². The van der Waals surface area contributed by atoms with Gasteiger partial charge >= 0.3 is 0 Å². The van der Waals surface area contributed by atoms with E-state index < -0.39 is 0 Å². The van der Waals surface area contributed by atoms with Gasteiger partial charge in [-0.2, -0.15) is 0 Å². The largest absolute Gasteiger partial charge is 0.496 e. The highest BCUT2D eigenvalue weighted by Crippen LogP contribution is 2.29. The Hall–Kier alpha value is -1.55. The Bertz CT molecular complexity index is 466. The van der Waals surface area contributed by atoms with Gasteiger partial charge in [0.15, 0.2) is 0 Å². The molecule has 0 fully saturated rings. The summed E-state index contributed by atoms with van der Waals surface area (Å²) in [5, 5.41) is 9.06. The number of hydrogen-bond donors (Lipinski definition) is 1. The van der Waals surface area contributed by atoms with Crippen LogP contribution in [0, 0.1) is 0 Å². The van der Waals surface area contributed by atoms with E-state index in [-0.39, 0.29) is 12.1 Å². The van der Waals surface area contributed by atoms with Crippen molar-refractivity contribution in [3.63, 3.8) is 0 Å². The topological polar surface area (TPSA) is 51.0 Å². The molecule has 1 aromatic carbocycles. The van der Waals surface area contributed by atoms with Crippen LogP contribution in [0.5, 0.6) is 5.75 Å². The molecule has 0 spiro atoms. The number of para-hydroxylation sites is 1. The van der Waals surface area contributed by atoms with Crippen molar-refractivity contribution in [1.29, 1.82) is 0 Å². The Labute approximate surface area is 107 Å². The molecule has 0 bridgehead atoms. The average molecular weight is 249 g/mol. The summed E-state index contributed by atoms with van der Waals surface area (Å²) in [4.78, 5) is 4.55. The van der Waals surface area contributed by atoms with Crippen LogP contribution in [0.4, 0.5) is 0 Å². The standard InChI is InChI=1S/C14H19NO3/c1-14(2)9-18-13(15-14)11-6-4-5-10(7-8-16)12(11)17-3/h4-6,16H,7-9H2,1-3H3. The molecule has 98 valence electrons. The fourth-order valence-corrected chi connectivity index (χ4v) is 2.03. The first-order valence-electron chi connectivity index (χ1n) is 6.07. The SMILES string of the molecule is COc1c(CCO)cccc1C1=NC(C)(C)CO1. The zero-order valence-corrected chi connectivity index (χ0v) is 11.1. The molecule has 1 N–H and O–H groups in total. The monoisotopic (exact) mass is 249 g/mol. The van der Waals surface area contributed by atoms with Gasteiger partial charge in [0.25, 0.3) is 0 Å². The van der Waals surface area contributed by atoms with Gasteiger partial charge < -0.3 is 14.6 Å². The van der Waals surface area contributed by atoms with Gasteiger partial charge in [-0.15, -0.1) is 0 Å². The van der Waals surface area contributed by atoms with E-state index in [4.69, 9.17) is 14.6 Å². The van der Waals surface area contributed by atoms with Crippen LogP contribution in [0.3, 0.4) is 0 Å². The van der Waals surface area contributed by atoms with Gasteiger partial charge in [-0.25, -0.2) is 4.99 Å². The number of benzene rings is 1. The van der Waals surface area contributed by atoms with Crippen LogP contribution in [0.15, 0.2) is 23.2 Å². The molecule has 0 unspecified atom stereocenters. The van der Waals surface area contributed by atoms with E-state index in [0.717, 1.165) is 16.9 Å². The normalized spacial score (nSPS) is 17.2. The number of nitrogens with zero attached hydrogens (tertiary/aromatic N) is 1. The number of aliphatic imine (C=N–C) groups is 1. The molecular weight excluding hydrogens is 230 g/mol. The second-order valence-electron chi connectivity index (χ2n) is 4.99. The minimum atomic E-state index is -0.187. The van der Waals surface area contributed by atoms with Crippen molar-refractivity contribution in [2.75, 3.05) is 20.3 Å². The summed E-state index contributed by atoms with van der Waals surface area (Å²) in [6.45, 7) is 4.74. The van der Waals surface area contributed by atoms with Gasteiger partial charge in [0.05, 0.1) is 18.2 Å². The Balaban J connectivity index is 2.42. The smallest absolute Gasteiger partial charge is 0.220 e. The Kier molecular flexibility index (Phi) is 3.57. The van der Waals surface area contributed by atoms with Crippen molar-refractivity contribution in [3.05, 3.63) is 29.3 Å². The molecule has 1 aliphatic heterocycles. The van der Waals surface area contributed by atoms with Crippen LogP contribution in [-0.4, -0.2) is 36.9 Å². The van der Waals surface area contributed by atoms with Crippen molar-refractivity contribution in [3.8, 4) is 5.75 Å². The molecule has 4 heteroatoms. The highest BCUT2D eigenvalue weighted by molar-refractivity contribution is 5.98. The molecule has 0 atom stereocenters. The Morgan fingerprint density at radius 3 is 2.78 bits per heavy atom. The molecule has 0 aromatic heterocycles. The minimum Gasteiger partial charge on any atom is -0.496 e. The molecule has 1 heterocycles. The first kappa shape index (κ1) is 12.9. The highest BCUT2D eigenvalue weighted by Gasteiger charge is 2.28. The van der Waals surface area contributed by atoms with E-state index in [1.54, 1.807) is 7.11 Å². The van der Waals surface area contributed by atoms with E-state index in [1.807, 2.05) is 32.0 Å². The average Bonchev–Trinajstić information content (AvgIpc) is 2.70. The van der Waals surface area contributed by atoms with Gasteiger partial charge in [0, 0.05) is 6.61 Å². The fraction of sp³-hybridized carbons (Fsp3) is 0.500. The summed E-state index contributed by atoms with van der Waals surface area (Å²) >= 11 is 0. The first-order valence-corrected chi connectivity index (χ1v) is 6.07. The van der Waals surface area contributed by atoms with Crippen molar-refractivity contribution in [2.45, 2.75) is 25.8 Å². The maximum absolute atomic E-state index is 9.06. The molecular formula is C14H19NO3. The molecule has 0 amide bonds. The molecule has 2 rings (SSSR count). The third-order valence-electron chi connectivity index (χ3n) is 2.88. The first-order chi connectivity index (χ1) is 8.57. The van der Waals surface area contributed by atoms with Gasteiger partial charge in [-0.05, 0) is 31.9 Å². The van der Waals surface area contributed by atoms with Crippen molar-refractivity contribution in [1.82, 2.24) is 0 Å². The maximum atomic E-state index is 9.06. The lowest BCUT2D eigenvalue weighted by Gasteiger charge is -2.12. The van der Waals surface area contributed by atoms with E-state index in [0.29, 0.717) is 18.9 Å². The van der Waals surface area contributed by atoms with Crippen molar-refractivity contribution >= 4 is 5.90 Å². The molecule has 0 saturated carbocycles. The molecule has 0 saturated heterocycles. The maximum Gasteiger partial charge on any atom is 0.220 e. The van der Waals surface area contributed by atoms with E-state index in [9.17, 15) is 0 Å². The summed E-state index contributed by atoms with van der Waals surface area (Å²) in [5.41, 5.74) is 1.63. The van der Waals surface area contributed by atoms with Gasteiger partial charge in [0.2, 0.25) is 5.90 Å². The number of aliphatic hydroxyl groups excluding tert-OH is 1. The van der Waals surface area contributed by atoms with Crippen LogP contribution in [-0.2, 0) is 11.2 Å². The molecule has 1 aliphatic rings. The summed E-state index contributed by atoms with van der Waals surface area (Å²) in [6.07, 6.45) is 0.563. The molecule has 0 aliphatic carbocycles. The van der Waals surface area contributed by atoms with Gasteiger partial charge in [-0.1, -0.05) is 12.1 Å². The second kappa shape index (κ2) is 4.98. The Morgan fingerprint density at radius 1 is 1.44 bits per heavy atom. The van der Waals surface area contributed by atoms with Crippen molar-refractivity contribution < 1.29 is 14.6 Å². The van der Waals surface area contributed by atoms with E-state index in [1.165, 1.54) is 0 Å². The lowest BCUT2D eigenvalue weighted by Crippen LogP contribution is -2.17. The van der Waals surface area contributed by atoms with Gasteiger partial charge in [-0.3, -0.25) is 0 Å². The number of ether oxygens (including phenoxy) is 2. The number of methoxy groups -OCH3 is 1. The summed E-state index contributed by atoms with van der Waals surface area (Å²) in [7, 11) is 1.63. The summed E-state index contributed by atoms with van der Waals surface area (Å²) < 4.78 is 11.1. The lowest BCUT2D eigenvalue weighted by atomic mass is 10.1. The minimum absolute atomic E-state index is 0.0959. The van der Waals surface area contributed by atoms with Crippen LogP contribution in [0.25, 0.3) is 0 Å². The van der Waals surface area contributed by atoms with Crippen LogP contribution < -0.4 is 4.74 Å². The zero-order chi connectivity index (χ0) is 13.2. The molecule has 18 heavy (non-hydrogen) atoms. The zero-order valence-electron chi connectivity index (χ0n) is 11.1. The Morgan fingerprint density at radius 2 is 2.22 bits per heavy atom. The summed E-state index contributed by atoms with van der Waals surface area (Å²) in [6, 6.07) is 5.80. The third kappa shape index (κ3) is 2.48. The number of aliphatic hydroxyl groups is 1. The molecule has 4 nitrogen and oxygen atoms in total. The van der Waals surface area contributed by atoms with Crippen LogP contribution in [0.2, 0.25) is 0 Å². The van der Waals surface area contributed by atoms with Crippen LogP contribution in [0.1, 0.15) is 25.0 Å². The number of rotatable bonds is 4. The fourth-order valence-electron chi connectivity index (χ4n) is 2.03. The summed E-state index contributed by atoms with van der Waals surface area (Å²) in [5.74, 6) is 1.36. The highest BCUT2D eigenvalue weighted by atomic mass is 16.5. The lowest BCUT2D eigenvalue weighted by molar-refractivity contribution is 0.278. The van der Waals surface area contributed by atoms with E-state index >= 15 is 0 Å². The quantitative estimate of drug-likeness (QED) is 0.885. The van der Waals surface area contributed by atoms with Crippen molar-refractivity contribution in [2.24, 2.45) is 4.99 Å². The predicted octanol–water partition coefficient (Wildman–Crippen LogP) is 1.79. The van der Waals surface area contributed by atoms with E-state index in [2.05, 4.69) is 4.99 Å². The third-order valence-corrected chi connectivity index (χ3v) is 2.88. The van der Waals surface area contributed by atoms with Crippen LogP contribution >= 0.6 is 0 Å².